The van der Waals surface area contributed by atoms with Crippen LogP contribution >= 0.6 is 23.1 Å². The van der Waals surface area contributed by atoms with Gasteiger partial charge in [-0.3, -0.25) is 34.7 Å². The van der Waals surface area contributed by atoms with Crippen LogP contribution in [0.2, 0.25) is 0 Å². The number of thiazole rings is 1. The molecule has 4 rings (SSSR count). The normalized spacial score (nSPS) is 18.6. The van der Waals surface area contributed by atoms with Crippen molar-refractivity contribution in [3.8, 4) is 0 Å². The lowest BCUT2D eigenvalue weighted by atomic mass is 10.0. The smallest absolute Gasteiger partial charge is 0.456 e. The third-order valence-electron chi connectivity index (χ3n) is 5.26. The number of carbonyl (C=O) groups excluding carboxylic acids is 4. The van der Waals surface area contributed by atoms with Gasteiger partial charge >= 0.3 is 18.1 Å². The van der Waals surface area contributed by atoms with E-state index in [9.17, 15) is 42.5 Å². The van der Waals surface area contributed by atoms with Crippen LogP contribution in [0, 0.1) is 10.1 Å². The number of aromatic nitrogens is 1. The van der Waals surface area contributed by atoms with Crippen molar-refractivity contribution in [2.45, 2.75) is 30.6 Å². The molecule has 17 heteroatoms. The van der Waals surface area contributed by atoms with Gasteiger partial charge in [-0.15, -0.1) is 23.1 Å². The van der Waals surface area contributed by atoms with Crippen LogP contribution in [0.15, 0.2) is 41.4 Å². The summed E-state index contributed by atoms with van der Waals surface area (Å²) in [7, 11) is 0. The third kappa shape index (κ3) is 5.94. The number of nitro benzene ring substituents is 1. The molecule has 1 aromatic heterocycles. The summed E-state index contributed by atoms with van der Waals surface area (Å²) in [6, 6.07) is 4.48. The molecule has 1 aromatic carbocycles. The number of hydrogen-bond acceptors (Lipinski definition) is 10. The summed E-state index contributed by atoms with van der Waals surface area (Å²) < 4.78 is 42.3. The largest absolute Gasteiger partial charge is 0.471 e. The summed E-state index contributed by atoms with van der Waals surface area (Å²) in [5, 5.41) is 15.3. The molecule has 0 saturated carbocycles. The van der Waals surface area contributed by atoms with Crippen LogP contribution in [0.3, 0.4) is 0 Å². The molecular formula is C21H16F3N5O7S2. The van der Waals surface area contributed by atoms with Crippen LogP contribution in [0.4, 0.5) is 24.0 Å². The maximum Gasteiger partial charge on any atom is 0.471 e. The third-order valence-corrected chi connectivity index (χ3v) is 7.25. The lowest BCUT2D eigenvalue weighted by Crippen LogP contribution is -2.70. The number of halogens is 3. The number of non-ortho nitro benzene ring substituents is 1. The zero-order valence-corrected chi connectivity index (χ0v) is 20.5. The maximum absolute atomic E-state index is 12.7. The zero-order chi connectivity index (χ0) is 27.6. The Bertz CT molecular complexity index is 1330. The first-order valence-corrected chi connectivity index (χ1v) is 12.5. The van der Waals surface area contributed by atoms with Gasteiger partial charge in [0.1, 0.15) is 23.7 Å². The van der Waals surface area contributed by atoms with Crippen LogP contribution < -0.4 is 10.6 Å². The number of nitro groups is 1. The number of alkyl halides is 3. The Morgan fingerprint density at radius 1 is 1.24 bits per heavy atom. The predicted molar refractivity (Wildman–Crippen MR) is 127 cm³/mol. The Morgan fingerprint density at radius 2 is 1.95 bits per heavy atom. The molecule has 12 nitrogen and oxygen atoms in total. The summed E-state index contributed by atoms with van der Waals surface area (Å²) in [5.41, 5.74) is 0.503. The molecule has 0 radical (unpaired) electrons. The highest BCUT2D eigenvalue weighted by Gasteiger charge is 2.53. The molecule has 200 valence electrons. The quantitative estimate of drug-likeness (QED) is 0.209. The highest BCUT2D eigenvalue weighted by Crippen LogP contribution is 2.38. The van der Waals surface area contributed by atoms with Crippen molar-refractivity contribution in [2.24, 2.45) is 0 Å². The van der Waals surface area contributed by atoms with Gasteiger partial charge in [0, 0.05) is 23.3 Å². The fourth-order valence-electron chi connectivity index (χ4n) is 3.47. The van der Waals surface area contributed by atoms with E-state index in [1.54, 1.807) is 5.32 Å². The summed E-state index contributed by atoms with van der Waals surface area (Å²) in [6.45, 7) is -0.173. The van der Waals surface area contributed by atoms with Crippen LogP contribution in [0.5, 0.6) is 0 Å². The predicted octanol–water partition coefficient (Wildman–Crippen LogP) is 2.12. The Hall–Kier alpha value is -3.99. The molecular weight excluding hydrogens is 555 g/mol. The standard InChI is InChI=1S/C21H16F3N5O7S2/c22-21(23,24)19(33)27-20-25-11(9-38-20)7-14(30)26-15-16(31)28-13(5-6-37-17(15)28)18(32)36-8-10-1-3-12(4-2-10)29(34)35/h1-5,9,15,17H,6-8H2,(H,26,30)(H,25,27,33). The van der Waals surface area contributed by atoms with Gasteiger partial charge in [0.25, 0.3) is 11.6 Å². The van der Waals surface area contributed by atoms with Crippen LogP contribution in [0.25, 0.3) is 0 Å². The number of amides is 3. The number of esters is 1. The van der Waals surface area contributed by atoms with E-state index in [0.29, 0.717) is 22.7 Å². The fraction of sp³-hybridized carbons (Fsp3) is 0.286. The number of carbonyl (C=O) groups is 4. The van der Waals surface area contributed by atoms with E-state index in [0.717, 1.165) is 0 Å². The van der Waals surface area contributed by atoms with E-state index in [1.165, 1.54) is 52.4 Å². The van der Waals surface area contributed by atoms with Crippen LogP contribution in [-0.4, -0.2) is 61.8 Å². The topological polar surface area (TPSA) is 161 Å². The van der Waals surface area contributed by atoms with Gasteiger partial charge in [0.05, 0.1) is 17.0 Å². The summed E-state index contributed by atoms with van der Waals surface area (Å²) >= 11 is 2.01. The molecule has 2 N–H and O–H groups in total. The Balaban J connectivity index is 1.29. The number of hydrogen-bond donors (Lipinski definition) is 2. The molecule has 2 aliphatic heterocycles. The number of β-lactam (4-membered cyclic amide) rings is 1. The number of fused-ring (bicyclic) bond motifs is 1. The molecule has 3 heterocycles. The van der Waals surface area contributed by atoms with Crippen molar-refractivity contribution in [2.75, 3.05) is 11.1 Å². The summed E-state index contributed by atoms with van der Waals surface area (Å²) in [5.74, 6) is -3.78. The minimum Gasteiger partial charge on any atom is -0.456 e. The van der Waals surface area contributed by atoms with Gasteiger partial charge in [-0.05, 0) is 23.8 Å². The second-order valence-corrected chi connectivity index (χ2v) is 9.85. The molecule has 0 aliphatic carbocycles. The number of benzene rings is 1. The average molecular weight is 572 g/mol. The van der Waals surface area contributed by atoms with Crippen LogP contribution in [-0.2, 0) is 36.9 Å². The molecule has 2 atom stereocenters. The molecule has 2 aliphatic rings. The van der Waals surface area contributed by atoms with Crippen LogP contribution in [0.1, 0.15) is 11.3 Å². The minimum atomic E-state index is -5.08. The van der Waals surface area contributed by atoms with Gasteiger partial charge in [-0.25, -0.2) is 9.78 Å². The highest BCUT2D eigenvalue weighted by atomic mass is 32.2. The molecule has 3 amide bonds. The average Bonchev–Trinajstić information content (AvgIpc) is 3.31. The number of nitrogens with zero attached hydrogens (tertiary/aromatic N) is 3. The SMILES string of the molecule is O=C(Cc1csc(NC(=O)C(F)(F)F)n1)NC1C(=O)N2C(C(=O)OCc3ccc([N+](=O)[O-])cc3)=CCSC12. The number of anilines is 1. The van der Waals surface area contributed by atoms with Gasteiger partial charge in [-0.2, -0.15) is 13.2 Å². The van der Waals surface area contributed by atoms with Gasteiger partial charge < -0.3 is 10.1 Å². The first kappa shape index (κ1) is 27.1. The fourth-order valence-corrected chi connectivity index (χ4v) is 5.37. The van der Waals surface area contributed by atoms with Crippen molar-refractivity contribution in [3.05, 3.63) is 62.8 Å². The zero-order valence-electron chi connectivity index (χ0n) is 18.9. The minimum absolute atomic E-state index is 0.00992. The van der Waals surface area contributed by atoms with E-state index in [4.69, 9.17) is 4.74 Å². The maximum atomic E-state index is 12.7. The Kier molecular flexibility index (Phi) is 7.68. The molecule has 38 heavy (non-hydrogen) atoms. The monoisotopic (exact) mass is 571 g/mol. The number of ether oxygens (including phenoxy) is 1. The molecule has 0 bridgehead atoms. The van der Waals surface area contributed by atoms with E-state index < -0.39 is 46.2 Å². The number of thioether (sulfide) groups is 1. The number of nitrogens with one attached hydrogen (secondary N) is 2. The molecule has 1 saturated heterocycles. The molecule has 2 aromatic rings. The summed E-state index contributed by atoms with van der Waals surface area (Å²) in [6.07, 6.45) is -3.91. The lowest BCUT2D eigenvalue weighted by molar-refractivity contribution is -0.384. The first-order chi connectivity index (χ1) is 17.9. The Labute approximate surface area is 219 Å². The van der Waals surface area contributed by atoms with Crippen molar-refractivity contribution in [3.63, 3.8) is 0 Å². The highest BCUT2D eigenvalue weighted by molar-refractivity contribution is 8.00. The second-order valence-electron chi connectivity index (χ2n) is 7.84. The second kappa shape index (κ2) is 10.8. The molecule has 0 spiro atoms. The van der Waals surface area contributed by atoms with Gasteiger partial charge in [-0.1, -0.05) is 0 Å². The summed E-state index contributed by atoms with van der Waals surface area (Å²) in [4.78, 5) is 63.9. The molecule has 1 fully saturated rings. The van der Waals surface area contributed by atoms with Crippen molar-refractivity contribution >= 4 is 57.6 Å². The van der Waals surface area contributed by atoms with E-state index in [2.05, 4.69) is 10.3 Å². The van der Waals surface area contributed by atoms with Gasteiger partial charge in [0.2, 0.25) is 5.91 Å². The van der Waals surface area contributed by atoms with Crippen molar-refractivity contribution in [1.29, 1.82) is 0 Å². The van der Waals surface area contributed by atoms with E-state index >= 15 is 0 Å². The van der Waals surface area contributed by atoms with E-state index in [1.807, 2.05) is 0 Å². The molecule has 2 unspecified atom stereocenters. The lowest BCUT2D eigenvalue weighted by Gasteiger charge is -2.48. The van der Waals surface area contributed by atoms with Gasteiger partial charge in [0.15, 0.2) is 5.13 Å². The van der Waals surface area contributed by atoms with Crippen molar-refractivity contribution in [1.82, 2.24) is 15.2 Å². The Morgan fingerprint density at radius 3 is 2.61 bits per heavy atom. The van der Waals surface area contributed by atoms with E-state index in [-0.39, 0.29) is 35.2 Å². The van der Waals surface area contributed by atoms with Crippen molar-refractivity contribution < 1.29 is 42.0 Å². The first-order valence-electron chi connectivity index (χ1n) is 10.6. The number of rotatable bonds is 8.